The van der Waals surface area contributed by atoms with E-state index in [-0.39, 0.29) is 43.6 Å². The van der Waals surface area contributed by atoms with E-state index >= 15 is 0 Å². The fraction of sp³-hybridized carbons (Fsp3) is 0.353. The lowest BCUT2D eigenvalue weighted by Crippen LogP contribution is -2.44. The van der Waals surface area contributed by atoms with E-state index in [9.17, 15) is 29.7 Å². The number of carbonyl (C=O) groups excluding carboxylic acids is 3. The van der Waals surface area contributed by atoms with Gasteiger partial charge in [0.1, 0.15) is 17.1 Å². The molecular weight excluding hydrogens is 1260 g/mol. The van der Waals surface area contributed by atoms with Gasteiger partial charge >= 0.3 is 0 Å². The third kappa shape index (κ3) is 17.1. The van der Waals surface area contributed by atoms with Crippen LogP contribution in [-0.2, 0) is 0 Å². The van der Waals surface area contributed by atoms with E-state index in [0.29, 0.717) is 49.7 Å². The van der Waals surface area contributed by atoms with Crippen LogP contribution >= 0.6 is 34.8 Å². The molecule has 8 heterocycles. The monoisotopic (exact) mass is 1340 g/mol. The predicted molar refractivity (Wildman–Crippen MR) is 368 cm³/mol. The normalized spacial score (nSPS) is 14.0. The number of nitrogens with zero attached hydrogens (tertiary/aromatic N) is 9. The number of hydrogen-bond donors (Lipinski definition) is 11. The van der Waals surface area contributed by atoms with Gasteiger partial charge in [-0.1, -0.05) is 71.2 Å². The quantitative estimate of drug-likeness (QED) is 0.0358. The van der Waals surface area contributed by atoms with Crippen molar-refractivity contribution >= 4 is 70.4 Å². The van der Waals surface area contributed by atoms with Gasteiger partial charge in [-0.3, -0.25) is 14.4 Å². The standard InChI is InChI=1S/C24H28ClN5O2.C23H27ClN6O2.C21H25ClN6O2/c1-15-21(19-9-10-26-24(29-19)30-11-4-3-5-12-30)16(2)27-22(15)23(32)28-20(14-31)17-7-6-8-18(25)13-17;1-14-20(18-6-7-26-23(29-18)30-10-8-25-9-11-30)15(2)27-21(14)22(32)28-19(13-31)16-4-3-5-17(24)12-16;1-11(2)24-21-27-16(9-23-28-21)18-12(3)19(25-13(18)4)20(30)26-17(10-29)14-6-5-7-15(22)8-14/h6-10,13,20,27,31H,3-5,11-12,14H2,1-2H3,(H,28,32);3-7,12,19,25,27,31H,8-11,13H2,1-2H3,(H,28,32);5-9,11,17,25,29H,10H2,1-4H3,(H,26,30)(H,24,27,28)/t20-;19-;17-/m111/s1. The molecule has 11 rings (SSSR count). The zero-order valence-electron chi connectivity index (χ0n) is 53.8. The van der Waals surface area contributed by atoms with E-state index in [1.165, 1.54) is 6.42 Å². The Hall–Kier alpha value is -8.81. The van der Waals surface area contributed by atoms with Gasteiger partial charge in [-0.05, 0) is 157 Å². The first-order chi connectivity index (χ1) is 45.2. The number of halogens is 3. The summed E-state index contributed by atoms with van der Waals surface area (Å²) in [5.74, 6) is 0.928. The van der Waals surface area contributed by atoms with Crippen LogP contribution in [0.15, 0.2) is 104 Å². The molecule has 0 bridgehead atoms. The van der Waals surface area contributed by atoms with Crippen LogP contribution in [0.2, 0.25) is 15.1 Å². The average molecular weight is 1340 g/mol. The van der Waals surface area contributed by atoms with Crippen molar-refractivity contribution in [2.75, 3.05) is 74.2 Å². The summed E-state index contributed by atoms with van der Waals surface area (Å²) in [5.41, 5.74) is 13.1. The molecule has 3 atom stereocenters. The molecule has 23 nitrogen and oxygen atoms in total. The SMILES string of the molecule is Cc1[nH]c(C(=O)N[C@H](CO)c2cccc(Cl)c2)c(C)c1-c1ccnc(N2CCCCC2)n1.Cc1[nH]c(C(=O)N[C@H](CO)c2cccc(Cl)c2)c(C)c1-c1ccnc(N2CCNCC2)n1.Cc1[nH]c(C(=O)N[C@H](CO)c2cccc(Cl)c2)c(C)c1-c1cnnc(NC(C)C)n1. The number of piperidine rings is 1. The maximum absolute atomic E-state index is 13.1. The number of benzene rings is 3. The number of aromatic nitrogens is 10. The molecule has 2 saturated heterocycles. The van der Waals surface area contributed by atoms with Crippen LogP contribution < -0.4 is 36.4 Å². The van der Waals surface area contributed by atoms with Crippen LogP contribution in [0.3, 0.4) is 0 Å². The molecule has 0 radical (unpaired) electrons. The van der Waals surface area contributed by atoms with Crippen molar-refractivity contribution < 1.29 is 29.7 Å². The zero-order valence-corrected chi connectivity index (χ0v) is 56.1. The van der Waals surface area contributed by atoms with E-state index in [2.05, 4.69) is 76.5 Å². The number of anilines is 3. The Balaban J connectivity index is 0.000000166. The maximum atomic E-state index is 13.1. The molecule has 0 saturated carbocycles. The molecule has 0 spiro atoms. The third-order valence-corrected chi connectivity index (χ3v) is 17.0. The van der Waals surface area contributed by atoms with Gasteiger partial charge in [-0.15, -0.1) is 5.10 Å². The van der Waals surface area contributed by atoms with Gasteiger partial charge in [0.25, 0.3) is 17.7 Å². The molecule has 26 heteroatoms. The van der Waals surface area contributed by atoms with Crippen LogP contribution in [0.25, 0.3) is 33.8 Å². The molecular formula is C68H80Cl3N17O6. The highest BCUT2D eigenvalue weighted by Crippen LogP contribution is 2.33. The molecule has 2 aliphatic heterocycles. The minimum Gasteiger partial charge on any atom is -0.394 e. The fourth-order valence-electron chi connectivity index (χ4n) is 11.6. The van der Waals surface area contributed by atoms with Crippen molar-refractivity contribution in [3.8, 4) is 33.8 Å². The Morgan fingerprint density at radius 1 is 0.521 bits per heavy atom. The lowest BCUT2D eigenvalue weighted by molar-refractivity contribution is 0.0904. The Labute approximate surface area is 561 Å². The lowest BCUT2D eigenvalue weighted by atomic mass is 10.1. The minimum atomic E-state index is -0.579. The van der Waals surface area contributed by atoms with Crippen LogP contribution in [0.4, 0.5) is 17.8 Å². The van der Waals surface area contributed by atoms with Crippen molar-refractivity contribution in [3.63, 3.8) is 0 Å². The summed E-state index contributed by atoms with van der Waals surface area (Å²) < 4.78 is 0. The lowest BCUT2D eigenvalue weighted by Gasteiger charge is -2.27. The number of hydrogen-bond acceptors (Lipinski definition) is 17. The number of aromatic amines is 3. The Morgan fingerprint density at radius 2 is 0.904 bits per heavy atom. The second-order valence-electron chi connectivity index (χ2n) is 23.4. The van der Waals surface area contributed by atoms with Crippen LogP contribution in [-0.4, -0.2) is 148 Å². The molecule has 494 valence electrons. The molecule has 0 aliphatic carbocycles. The fourth-order valence-corrected chi connectivity index (χ4v) is 12.2. The molecule has 94 heavy (non-hydrogen) atoms. The Morgan fingerprint density at radius 3 is 1.28 bits per heavy atom. The first kappa shape index (κ1) is 69.5. The summed E-state index contributed by atoms with van der Waals surface area (Å²) >= 11 is 18.2. The van der Waals surface area contributed by atoms with E-state index in [1.807, 2.05) is 79.7 Å². The van der Waals surface area contributed by atoms with Gasteiger partial charge < -0.3 is 66.7 Å². The highest BCUT2D eigenvalue weighted by molar-refractivity contribution is 6.31. The molecule has 3 amide bonds. The smallest absolute Gasteiger partial charge is 0.268 e. The van der Waals surface area contributed by atoms with Crippen molar-refractivity contribution in [1.29, 1.82) is 0 Å². The van der Waals surface area contributed by atoms with Crippen molar-refractivity contribution in [2.24, 2.45) is 0 Å². The molecule has 6 aromatic heterocycles. The number of amides is 3. The van der Waals surface area contributed by atoms with Crippen LogP contribution in [0.1, 0.15) is 133 Å². The van der Waals surface area contributed by atoms with Gasteiger partial charge in [0, 0.05) is 107 Å². The minimum absolute atomic E-state index is 0.165. The highest BCUT2D eigenvalue weighted by atomic mass is 35.5. The molecule has 11 N–H and O–H groups in total. The third-order valence-electron chi connectivity index (χ3n) is 16.3. The second-order valence-corrected chi connectivity index (χ2v) is 24.7. The summed E-state index contributed by atoms with van der Waals surface area (Å²) in [4.78, 5) is 76.0. The summed E-state index contributed by atoms with van der Waals surface area (Å²) in [5, 5.41) is 54.2. The number of rotatable bonds is 19. The average Bonchev–Trinajstić information content (AvgIpc) is 1.73. The van der Waals surface area contributed by atoms with Crippen LogP contribution in [0.5, 0.6) is 0 Å². The number of aryl methyl sites for hydroxylation is 3. The topological polar surface area (TPSA) is 316 Å². The van der Waals surface area contributed by atoms with Gasteiger partial charge in [-0.2, -0.15) is 5.10 Å². The van der Waals surface area contributed by atoms with Crippen molar-refractivity contribution in [2.45, 2.75) is 98.8 Å². The molecule has 2 aliphatic rings. The summed E-state index contributed by atoms with van der Waals surface area (Å²) in [6.45, 7) is 20.1. The number of aliphatic hydroxyl groups excluding tert-OH is 3. The number of nitrogens with one attached hydrogen (secondary N) is 8. The summed E-state index contributed by atoms with van der Waals surface area (Å²) in [7, 11) is 0. The first-order valence-electron chi connectivity index (χ1n) is 31.2. The Kier molecular flexibility index (Phi) is 23.9. The molecule has 9 aromatic rings. The molecule has 0 unspecified atom stereocenters. The number of H-pyrrole nitrogens is 3. The number of aliphatic hydroxyl groups is 3. The Bertz CT molecular complexity index is 3910. The highest BCUT2D eigenvalue weighted by Gasteiger charge is 2.27. The van der Waals surface area contributed by atoms with E-state index < -0.39 is 18.1 Å². The number of carbonyl (C=O) groups is 3. The first-order valence-corrected chi connectivity index (χ1v) is 32.3. The second kappa shape index (κ2) is 32.4. The zero-order chi connectivity index (χ0) is 67.2. The van der Waals surface area contributed by atoms with Crippen molar-refractivity contribution in [1.82, 2.24) is 71.3 Å². The van der Waals surface area contributed by atoms with Crippen LogP contribution in [0, 0.1) is 41.5 Å². The molecule has 2 fully saturated rings. The molecule has 3 aromatic carbocycles. The summed E-state index contributed by atoms with van der Waals surface area (Å²) in [6, 6.07) is 23.5. The van der Waals surface area contributed by atoms with Gasteiger partial charge in [0.05, 0.1) is 61.2 Å². The predicted octanol–water partition coefficient (Wildman–Crippen LogP) is 10.2. The van der Waals surface area contributed by atoms with E-state index in [0.717, 1.165) is 137 Å². The van der Waals surface area contributed by atoms with Crippen molar-refractivity contribution in [3.05, 3.63) is 186 Å². The van der Waals surface area contributed by atoms with Gasteiger partial charge in [0.15, 0.2) is 0 Å². The van der Waals surface area contributed by atoms with Gasteiger partial charge in [-0.25, -0.2) is 24.9 Å². The van der Waals surface area contributed by atoms with E-state index in [4.69, 9.17) is 44.8 Å². The summed E-state index contributed by atoms with van der Waals surface area (Å²) in [6.07, 6.45) is 8.65. The van der Waals surface area contributed by atoms with Gasteiger partial charge in [0.2, 0.25) is 17.8 Å². The maximum Gasteiger partial charge on any atom is 0.268 e. The number of piperazine rings is 1. The largest absolute Gasteiger partial charge is 0.394 e. The van der Waals surface area contributed by atoms with E-state index in [1.54, 1.807) is 79.3 Å².